The lowest BCUT2D eigenvalue weighted by Crippen LogP contribution is -2.14. The van der Waals surface area contributed by atoms with Gasteiger partial charge in [-0.15, -0.1) is 0 Å². The summed E-state index contributed by atoms with van der Waals surface area (Å²) >= 11 is 0. The van der Waals surface area contributed by atoms with E-state index in [-0.39, 0.29) is 50.8 Å². The van der Waals surface area contributed by atoms with Crippen LogP contribution in [-0.2, 0) is 10.0 Å². The number of sulfonamides is 1. The third-order valence-corrected chi connectivity index (χ3v) is 8.53. The minimum absolute atomic E-state index is 0.00286. The summed E-state index contributed by atoms with van der Waals surface area (Å²) in [5, 5.41) is 35.4. The van der Waals surface area contributed by atoms with Crippen molar-refractivity contribution in [3.63, 3.8) is 0 Å². The highest BCUT2D eigenvalue weighted by molar-refractivity contribution is 7.92. The number of aromatic hydroxyl groups is 2. The van der Waals surface area contributed by atoms with Crippen molar-refractivity contribution in [3.8, 4) is 23.0 Å². The van der Waals surface area contributed by atoms with E-state index in [2.05, 4.69) is 10.0 Å². The third kappa shape index (κ3) is 7.03. The van der Waals surface area contributed by atoms with E-state index < -0.39 is 37.1 Å². The Bertz CT molecular complexity index is 2180. The number of nitro groups is 1. The molecule has 5 rings (SSSR count). The molecule has 0 atom stereocenters. The molecule has 5 aromatic rings. The lowest BCUT2D eigenvalue weighted by molar-refractivity contribution is -0.384. The van der Waals surface area contributed by atoms with Gasteiger partial charge in [0, 0.05) is 40.7 Å². The van der Waals surface area contributed by atoms with Crippen molar-refractivity contribution >= 4 is 44.3 Å². The zero-order valence-corrected chi connectivity index (χ0v) is 26.1. The predicted octanol–water partition coefficient (Wildman–Crippen LogP) is 6.03. The quantitative estimate of drug-likeness (QED) is 0.0688. The summed E-state index contributed by atoms with van der Waals surface area (Å²) in [5.74, 6) is -0.978. The van der Waals surface area contributed by atoms with Gasteiger partial charge in [-0.05, 0) is 60.7 Å². The number of nitrogens with one attached hydrogen (secondary N) is 2. The van der Waals surface area contributed by atoms with Crippen LogP contribution in [0.3, 0.4) is 0 Å². The number of benzene rings is 5. The first-order valence-electron chi connectivity index (χ1n) is 14.0. The second-order valence-corrected chi connectivity index (χ2v) is 11.9. The van der Waals surface area contributed by atoms with Crippen LogP contribution in [0.5, 0.6) is 23.0 Å². The fraction of sp³-hybridized carbons (Fsp3) is 0.0588. The fourth-order valence-electron chi connectivity index (χ4n) is 4.74. The highest BCUT2D eigenvalue weighted by Gasteiger charge is 2.23. The van der Waals surface area contributed by atoms with Gasteiger partial charge in [0.2, 0.25) is 0 Å². The van der Waals surface area contributed by atoms with Crippen molar-refractivity contribution in [2.75, 3.05) is 24.3 Å². The van der Waals surface area contributed by atoms with Crippen molar-refractivity contribution in [1.29, 1.82) is 0 Å². The van der Waals surface area contributed by atoms with Gasteiger partial charge in [0.15, 0.2) is 11.6 Å². The fourth-order valence-corrected chi connectivity index (χ4v) is 5.81. The van der Waals surface area contributed by atoms with E-state index in [4.69, 9.17) is 9.47 Å². The van der Waals surface area contributed by atoms with Crippen molar-refractivity contribution in [1.82, 2.24) is 0 Å². The second-order valence-electron chi connectivity index (χ2n) is 10.3. The van der Waals surface area contributed by atoms with Crippen LogP contribution in [-0.4, -0.2) is 49.3 Å². The summed E-state index contributed by atoms with van der Waals surface area (Å²) in [6, 6.07) is 23.2. The number of phenolic OH excluding ortho intramolecular Hbond substituents is 2. The number of carbonyl (C=O) groups excluding carboxylic acids is 2. The van der Waals surface area contributed by atoms with Gasteiger partial charge in [-0.1, -0.05) is 24.3 Å². The lowest BCUT2D eigenvalue weighted by atomic mass is 10.0. The van der Waals surface area contributed by atoms with Crippen LogP contribution in [0.15, 0.2) is 108 Å². The van der Waals surface area contributed by atoms with Gasteiger partial charge < -0.3 is 25.0 Å². The summed E-state index contributed by atoms with van der Waals surface area (Å²) in [6.45, 7) is 0. The van der Waals surface area contributed by atoms with Crippen LogP contribution < -0.4 is 19.5 Å². The molecular formula is C34H27N3O10S. The monoisotopic (exact) mass is 669 g/mol. The summed E-state index contributed by atoms with van der Waals surface area (Å²) in [5.41, 5.74) is -0.0844. The Morgan fingerprint density at radius 2 is 1.23 bits per heavy atom. The van der Waals surface area contributed by atoms with E-state index >= 15 is 0 Å². The number of nitrogens with zero attached hydrogens (tertiary/aromatic N) is 1. The smallest absolute Gasteiger partial charge is 0.294 e. The van der Waals surface area contributed by atoms with Gasteiger partial charge in [-0.2, -0.15) is 0 Å². The number of anilines is 3. The maximum Gasteiger partial charge on any atom is 0.294 e. The number of hydrogen-bond acceptors (Lipinski definition) is 11. The second kappa shape index (κ2) is 13.5. The SMILES string of the molecule is COc1ccc(C(=O)c2cccc(Nc3ccc(S(=O)(=O)Nc4cccc(C(=O)c5ccc(OC)cc5O)c4)cc3[N+](=O)[O-])c2)c(O)c1. The highest BCUT2D eigenvalue weighted by atomic mass is 32.2. The topological polar surface area (TPSA) is 194 Å². The van der Waals surface area contributed by atoms with Crippen LogP contribution in [0, 0.1) is 10.1 Å². The molecule has 0 aliphatic carbocycles. The molecule has 0 fully saturated rings. The molecule has 0 spiro atoms. The Labute approximate surface area is 274 Å². The van der Waals surface area contributed by atoms with Crippen molar-refractivity contribution < 1.29 is 42.6 Å². The molecule has 0 bridgehead atoms. The van der Waals surface area contributed by atoms with E-state index in [0.29, 0.717) is 11.5 Å². The molecule has 13 nitrogen and oxygen atoms in total. The standard InChI is InChI=1S/C34H27N3O10S/c1-46-24-9-12-27(31(38)17-24)33(40)20-5-3-7-22(15-20)35-29-14-11-26(19-30(29)37(42)43)48(44,45)36-23-8-4-6-21(16-23)34(41)28-13-10-25(47-2)18-32(28)39/h3-19,35-36,38-39H,1-2H3. The molecule has 0 saturated heterocycles. The third-order valence-electron chi connectivity index (χ3n) is 7.16. The molecule has 0 unspecified atom stereocenters. The van der Waals surface area contributed by atoms with E-state index in [9.17, 15) is 38.3 Å². The minimum atomic E-state index is -4.38. The maximum atomic E-state index is 13.3. The Morgan fingerprint density at radius 1 is 0.708 bits per heavy atom. The van der Waals surface area contributed by atoms with E-state index in [1.807, 2.05) is 0 Å². The van der Waals surface area contributed by atoms with Gasteiger partial charge in [0.1, 0.15) is 28.7 Å². The highest BCUT2D eigenvalue weighted by Crippen LogP contribution is 2.33. The number of ketones is 2. The molecule has 0 saturated carbocycles. The molecule has 0 aliphatic heterocycles. The largest absolute Gasteiger partial charge is 0.507 e. The lowest BCUT2D eigenvalue weighted by Gasteiger charge is -2.12. The molecule has 0 aliphatic rings. The minimum Gasteiger partial charge on any atom is -0.507 e. The van der Waals surface area contributed by atoms with Gasteiger partial charge in [0.25, 0.3) is 15.7 Å². The van der Waals surface area contributed by atoms with Crippen LogP contribution >= 0.6 is 0 Å². The average molecular weight is 670 g/mol. The predicted molar refractivity (Wildman–Crippen MR) is 176 cm³/mol. The zero-order chi connectivity index (χ0) is 34.6. The molecular weight excluding hydrogens is 642 g/mol. The van der Waals surface area contributed by atoms with Crippen molar-refractivity contribution in [2.24, 2.45) is 0 Å². The Kier molecular flexibility index (Phi) is 9.29. The summed E-state index contributed by atoms with van der Waals surface area (Å²) in [7, 11) is -1.55. The van der Waals surface area contributed by atoms with Crippen LogP contribution in [0.2, 0.25) is 0 Å². The number of hydrogen-bond donors (Lipinski definition) is 4. The van der Waals surface area contributed by atoms with Crippen molar-refractivity contribution in [2.45, 2.75) is 4.90 Å². The number of carbonyl (C=O) groups is 2. The summed E-state index contributed by atoms with van der Waals surface area (Å²) < 4.78 is 39.0. The average Bonchev–Trinajstić information content (AvgIpc) is 3.07. The molecule has 0 heterocycles. The van der Waals surface area contributed by atoms with Gasteiger partial charge in [-0.25, -0.2) is 8.42 Å². The van der Waals surface area contributed by atoms with Crippen LogP contribution in [0.25, 0.3) is 0 Å². The first-order chi connectivity index (χ1) is 22.9. The number of phenols is 2. The molecule has 244 valence electrons. The molecule has 5 aromatic carbocycles. The summed E-state index contributed by atoms with van der Waals surface area (Å²) in [4.78, 5) is 36.9. The van der Waals surface area contributed by atoms with Crippen molar-refractivity contribution in [3.05, 3.63) is 135 Å². The maximum absolute atomic E-state index is 13.3. The summed E-state index contributed by atoms with van der Waals surface area (Å²) in [6.07, 6.45) is 0. The Balaban J connectivity index is 1.37. The number of ether oxygens (including phenoxy) is 2. The molecule has 4 N–H and O–H groups in total. The van der Waals surface area contributed by atoms with E-state index in [1.165, 1.54) is 93.1 Å². The Morgan fingerprint density at radius 3 is 1.73 bits per heavy atom. The zero-order valence-electron chi connectivity index (χ0n) is 25.3. The van der Waals surface area contributed by atoms with Gasteiger partial charge in [0.05, 0.1) is 35.2 Å². The first kappa shape index (κ1) is 33.0. The van der Waals surface area contributed by atoms with Gasteiger partial charge in [-0.3, -0.25) is 24.4 Å². The molecule has 14 heteroatoms. The number of nitro benzene ring substituents is 1. The first-order valence-corrected chi connectivity index (χ1v) is 15.5. The molecule has 0 aromatic heterocycles. The van der Waals surface area contributed by atoms with Crippen LogP contribution in [0.1, 0.15) is 31.8 Å². The Hall–Kier alpha value is -6.41. The normalized spacial score (nSPS) is 11.0. The van der Waals surface area contributed by atoms with E-state index in [0.717, 1.165) is 12.1 Å². The van der Waals surface area contributed by atoms with Gasteiger partial charge >= 0.3 is 0 Å². The number of methoxy groups -OCH3 is 2. The van der Waals surface area contributed by atoms with E-state index in [1.54, 1.807) is 12.1 Å². The molecule has 0 radical (unpaired) electrons. The van der Waals surface area contributed by atoms with Crippen LogP contribution in [0.4, 0.5) is 22.7 Å². The molecule has 0 amide bonds. The molecule has 48 heavy (non-hydrogen) atoms. The number of rotatable bonds is 12.